The van der Waals surface area contributed by atoms with Crippen LogP contribution in [-0.2, 0) is 22.7 Å². The predicted octanol–water partition coefficient (Wildman–Crippen LogP) is 3.16. The summed E-state index contributed by atoms with van der Waals surface area (Å²) < 4.78 is 27.1. The third kappa shape index (κ3) is 4.62. The first-order chi connectivity index (χ1) is 19.7. The van der Waals surface area contributed by atoms with E-state index < -0.39 is 29.7 Å². The third-order valence-corrected chi connectivity index (χ3v) is 9.67. The number of nitrogens with zero attached hydrogens (tertiary/aromatic N) is 3. The van der Waals surface area contributed by atoms with E-state index in [1.807, 2.05) is 30.3 Å². The molecule has 1 aliphatic carbocycles. The van der Waals surface area contributed by atoms with E-state index in [1.165, 1.54) is 5.56 Å². The molecule has 2 aromatic carbocycles. The highest BCUT2D eigenvalue weighted by molar-refractivity contribution is 6.05. The summed E-state index contributed by atoms with van der Waals surface area (Å²) in [6.07, 6.45) is 2.52. The summed E-state index contributed by atoms with van der Waals surface area (Å²) in [4.78, 5) is 55.3. The van der Waals surface area contributed by atoms with Gasteiger partial charge < -0.3 is 9.80 Å². The van der Waals surface area contributed by atoms with Crippen molar-refractivity contribution >= 4 is 23.6 Å². The smallest absolute Gasteiger partial charge is 0.258 e. The number of imide groups is 1. The summed E-state index contributed by atoms with van der Waals surface area (Å²) in [6, 6.07) is 12.9. The normalized spacial score (nSPS) is 27.6. The lowest BCUT2D eigenvalue weighted by atomic mass is 9.87. The van der Waals surface area contributed by atoms with Crippen molar-refractivity contribution in [1.82, 2.24) is 20.0 Å². The maximum absolute atomic E-state index is 13.5. The minimum atomic E-state index is -2.60. The summed E-state index contributed by atoms with van der Waals surface area (Å²) >= 11 is 0. The van der Waals surface area contributed by atoms with Crippen molar-refractivity contribution in [2.75, 3.05) is 26.2 Å². The molecule has 4 amide bonds. The van der Waals surface area contributed by atoms with Crippen LogP contribution in [0, 0.1) is 11.8 Å². The van der Waals surface area contributed by atoms with E-state index in [-0.39, 0.29) is 37.2 Å². The summed E-state index contributed by atoms with van der Waals surface area (Å²) in [6.45, 7) is 3.16. The second-order valence-corrected chi connectivity index (χ2v) is 12.2. The van der Waals surface area contributed by atoms with E-state index in [0.717, 1.165) is 43.6 Å². The predicted molar refractivity (Wildman–Crippen MR) is 144 cm³/mol. The largest absolute Gasteiger partial charge is 0.338 e. The number of carbonyl (C=O) groups excluding carboxylic acids is 4. The lowest BCUT2D eigenvalue weighted by Gasteiger charge is -2.32. The quantitative estimate of drug-likeness (QED) is 0.566. The van der Waals surface area contributed by atoms with Crippen LogP contribution in [0.15, 0.2) is 42.5 Å². The van der Waals surface area contributed by atoms with Crippen molar-refractivity contribution in [3.8, 4) is 0 Å². The van der Waals surface area contributed by atoms with Crippen LogP contribution in [0.3, 0.4) is 0 Å². The Bertz CT molecular complexity index is 1440. The number of hydrogen-bond donors (Lipinski definition) is 1. The molecule has 5 aliphatic rings. The molecule has 4 aliphatic heterocycles. The lowest BCUT2D eigenvalue weighted by molar-refractivity contribution is -0.136. The Morgan fingerprint density at radius 1 is 0.976 bits per heavy atom. The molecule has 214 valence electrons. The van der Waals surface area contributed by atoms with E-state index in [2.05, 4.69) is 16.3 Å². The Morgan fingerprint density at radius 3 is 2.46 bits per heavy atom. The van der Waals surface area contributed by atoms with Gasteiger partial charge in [-0.15, -0.1) is 0 Å². The van der Waals surface area contributed by atoms with Gasteiger partial charge in [-0.05, 0) is 73.2 Å². The Labute approximate surface area is 236 Å². The molecule has 7 rings (SSSR count). The van der Waals surface area contributed by atoms with Crippen LogP contribution in [0.4, 0.5) is 8.78 Å². The highest BCUT2D eigenvalue weighted by Gasteiger charge is 2.72. The summed E-state index contributed by atoms with van der Waals surface area (Å²) in [5, 5.41) is 2.35. The Balaban J connectivity index is 0.946. The van der Waals surface area contributed by atoms with Gasteiger partial charge in [0.2, 0.25) is 11.8 Å². The number of amides is 4. The summed E-state index contributed by atoms with van der Waals surface area (Å²) in [5.74, 6) is -4.60. The van der Waals surface area contributed by atoms with Crippen LogP contribution in [0.2, 0.25) is 0 Å². The molecular formula is C31H32F2N4O4. The van der Waals surface area contributed by atoms with Gasteiger partial charge in [-0.25, -0.2) is 8.78 Å². The van der Waals surface area contributed by atoms with Gasteiger partial charge in [0.25, 0.3) is 17.7 Å². The number of likely N-dealkylation sites (tertiary alicyclic amines) is 2. The average molecular weight is 563 g/mol. The number of halogens is 2. The summed E-state index contributed by atoms with van der Waals surface area (Å²) in [7, 11) is 0. The third-order valence-electron chi connectivity index (χ3n) is 9.67. The molecule has 3 atom stereocenters. The molecule has 4 heterocycles. The topological polar surface area (TPSA) is 90.0 Å². The Kier molecular flexibility index (Phi) is 6.22. The van der Waals surface area contributed by atoms with E-state index >= 15 is 0 Å². The minimum absolute atomic E-state index is 0.139. The highest BCUT2D eigenvalue weighted by Crippen LogP contribution is 2.59. The first kappa shape index (κ1) is 26.3. The van der Waals surface area contributed by atoms with Gasteiger partial charge >= 0.3 is 0 Å². The molecule has 3 saturated heterocycles. The van der Waals surface area contributed by atoms with Gasteiger partial charge in [-0.2, -0.15) is 0 Å². The fourth-order valence-electron chi connectivity index (χ4n) is 7.19. The van der Waals surface area contributed by atoms with Crippen molar-refractivity contribution < 1.29 is 28.0 Å². The maximum atomic E-state index is 13.5. The van der Waals surface area contributed by atoms with Crippen molar-refractivity contribution in [1.29, 1.82) is 0 Å². The van der Waals surface area contributed by atoms with Crippen LogP contribution in [0.5, 0.6) is 0 Å². The zero-order valence-electron chi connectivity index (χ0n) is 22.7. The number of carbonyl (C=O) groups is 4. The van der Waals surface area contributed by atoms with Crippen molar-refractivity contribution in [2.45, 2.75) is 56.7 Å². The standard InChI is InChI=1S/C31H32F2N4O4/c32-31(33)24-16-36(17-25(24)31)29(40)21-3-1-2-18(12-21)14-35-10-8-19(9-11-35)20-4-5-23-22(13-20)15-37(30(23)41)26-6-7-27(38)34-28(26)39/h1-5,12-13,19,24-26H,6-11,14-17H2,(H,34,38,39). The fourth-order valence-corrected chi connectivity index (χ4v) is 7.19. The number of hydrogen-bond acceptors (Lipinski definition) is 5. The van der Waals surface area contributed by atoms with Gasteiger partial charge in [-0.3, -0.25) is 29.4 Å². The van der Waals surface area contributed by atoms with Crippen molar-refractivity contribution in [2.24, 2.45) is 11.8 Å². The van der Waals surface area contributed by atoms with Gasteiger partial charge in [-0.1, -0.05) is 24.3 Å². The second kappa shape index (κ2) is 9.72. The van der Waals surface area contributed by atoms with Gasteiger partial charge in [0.05, 0.1) is 11.8 Å². The van der Waals surface area contributed by atoms with Crippen LogP contribution in [-0.4, -0.2) is 76.5 Å². The zero-order chi connectivity index (χ0) is 28.5. The number of nitrogens with one attached hydrogen (secondary N) is 1. The van der Waals surface area contributed by atoms with Gasteiger partial charge in [0, 0.05) is 43.7 Å². The number of alkyl halides is 2. The fraction of sp³-hybridized carbons (Fsp3) is 0.484. The monoisotopic (exact) mass is 562 g/mol. The first-order valence-corrected chi connectivity index (χ1v) is 14.4. The molecule has 1 saturated carbocycles. The van der Waals surface area contributed by atoms with Gasteiger partial charge in [0.1, 0.15) is 6.04 Å². The zero-order valence-corrected chi connectivity index (χ0v) is 22.7. The van der Waals surface area contributed by atoms with Crippen molar-refractivity contribution in [3.63, 3.8) is 0 Å². The van der Waals surface area contributed by atoms with Crippen LogP contribution in [0.25, 0.3) is 0 Å². The van der Waals surface area contributed by atoms with E-state index in [9.17, 15) is 28.0 Å². The second-order valence-electron chi connectivity index (χ2n) is 12.2. The molecule has 0 radical (unpaired) electrons. The maximum Gasteiger partial charge on any atom is 0.258 e. The number of rotatable bonds is 5. The molecule has 0 aromatic heterocycles. The van der Waals surface area contributed by atoms with E-state index in [0.29, 0.717) is 30.0 Å². The molecule has 0 bridgehead atoms. The molecule has 8 nitrogen and oxygen atoms in total. The molecule has 3 unspecified atom stereocenters. The minimum Gasteiger partial charge on any atom is -0.338 e. The highest BCUT2D eigenvalue weighted by atomic mass is 19.3. The first-order valence-electron chi connectivity index (χ1n) is 14.4. The molecule has 0 spiro atoms. The van der Waals surface area contributed by atoms with Crippen LogP contribution < -0.4 is 5.32 Å². The van der Waals surface area contributed by atoms with Crippen LogP contribution in [0.1, 0.15) is 69.0 Å². The van der Waals surface area contributed by atoms with E-state index in [4.69, 9.17) is 0 Å². The Hall–Kier alpha value is -3.66. The van der Waals surface area contributed by atoms with Crippen LogP contribution >= 0.6 is 0 Å². The average Bonchev–Trinajstić information content (AvgIpc) is 3.30. The van der Waals surface area contributed by atoms with Gasteiger partial charge in [0.15, 0.2) is 0 Å². The molecular weight excluding hydrogens is 530 g/mol. The molecule has 41 heavy (non-hydrogen) atoms. The van der Waals surface area contributed by atoms with E-state index in [1.54, 1.807) is 15.9 Å². The SMILES string of the molecule is O=C1CCC(N2Cc3cc(C4CCN(Cc5cccc(C(=O)N6CC7C(C6)C7(F)F)c5)CC4)ccc3C2=O)C(=O)N1. The molecule has 2 aromatic rings. The molecule has 10 heteroatoms. The Morgan fingerprint density at radius 2 is 1.73 bits per heavy atom. The summed E-state index contributed by atoms with van der Waals surface area (Å²) in [5.41, 5.74) is 4.35. The molecule has 4 fully saturated rings. The number of benzene rings is 2. The number of piperidine rings is 3. The number of fused-ring (bicyclic) bond motifs is 2. The molecule has 1 N–H and O–H groups in total. The van der Waals surface area contributed by atoms with Crippen molar-refractivity contribution in [3.05, 3.63) is 70.3 Å². The lowest BCUT2D eigenvalue weighted by Crippen LogP contribution is -2.52.